The summed E-state index contributed by atoms with van der Waals surface area (Å²) in [5, 5.41) is 3.26. The molecule has 1 aromatic rings. The molecule has 3 heteroatoms. The molecule has 0 bridgehead atoms. The maximum absolute atomic E-state index is 5.80. The molecule has 1 N–H and O–H groups in total. The Morgan fingerprint density at radius 2 is 1.93 bits per heavy atom. The third kappa shape index (κ3) is 2.78. The predicted molar refractivity (Wildman–Crippen MR) is 58.7 cm³/mol. The maximum atomic E-state index is 5.80. The summed E-state index contributed by atoms with van der Waals surface area (Å²) in [6.07, 6.45) is 0.365. The lowest BCUT2D eigenvalue weighted by molar-refractivity contribution is -0.0356. The highest BCUT2D eigenvalue weighted by molar-refractivity contribution is 5.13. The number of hydrogen-bond donors (Lipinski definition) is 1. The second kappa shape index (κ2) is 5.26. The van der Waals surface area contributed by atoms with E-state index in [2.05, 4.69) is 17.4 Å². The van der Waals surface area contributed by atoms with E-state index < -0.39 is 0 Å². The molecule has 1 aliphatic rings. The minimum Gasteiger partial charge on any atom is -0.377 e. The predicted octanol–water partition coefficient (Wildman–Crippen LogP) is 1.19. The molecule has 1 fully saturated rings. The van der Waals surface area contributed by atoms with Gasteiger partial charge in [0.1, 0.15) is 0 Å². The highest BCUT2D eigenvalue weighted by Gasteiger charge is 2.27. The van der Waals surface area contributed by atoms with Crippen LogP contribution < -0.4 is 5.32 Å². The molecule has 0 unspecified atom stereocenters. The van der Waals surface area contributed by atoms with E-state index in [-0.39, 0.29) is 12.2 Å². The molecule has 0 radical (unpaired) electrons. The first-order valence-electron chi connectivity index (χ1n) is 5.29. The van der Waals surface area contributed by atoms with Crippen LogP contribution in [0.3, 0.4) is 0 Å². The van der Waals surface area contributed by atoms with Crippen LogP contribution in [-0.2, 0) is 16.1 Å². The molecule has 0 saturated carbocycles. The van der Waals surface area contributed by atoms with E-state index in [0.29, 0.717) is 6.61 Å². The number of rotatable bonds is 4. The largest absolute Gasteiger partial charge is 0.377 e. The Bertz CT molecular complexity index is 289. The Kier molecular flexibility index (Phi) is 3.72. The summed E-state index contributed by atoms with van der Waals surface area (Å²) >= 11 is 0. The van der Waals surface area contributed by atoms with Gasteiger partial charge < -0.3 is 14.8 Å². The summed E-state index contributed by atoms with van der Waals surface area (Å²) < 4.78 is 11.1. The van der Waals surface area contributed by atoms with Crippen LogP contribution in [0.1, 0.15) is 5.56 Å². The van der Waals surface area contributed by atoms with Crippen molar-refractivity contribution in [2.45, 2.75) is 18.8 Å². The van der Waals surface area contributed by atoms with E-state index in [4.69, 9.17) is 9.47 Å². The highest BCUT2D eigenvalue weighted by Crippen LogP contribution is 2.11. The molecule has 2 atom stereocenters. The molecule has 1 heterocycles. The summed E-state index contributed by atoms with van der Waals surface area (Å²) in [6.45, 7) is 2.42. The van der Waals surface area contributed by atoms with Gasteiger partial charge in [0.15, 0.2) is 0 Å². The Labute approximate surface area is 90.4 Å². The average molecular weight is 207 g/mol. The summed E-state index contributed by atoms with van der Waals surface area (Å²) in [5.74, 6) is 0. The number of benzene rings is 1. The van der Waals surface area contributed by atoms with Crippen LogP contribution in [-0.4, -0.2) is 32.4 Å². The summed E-state index contributed by atoms with van der Waals surface area (Å²) in [6, 6.07) is 10.2. The monoisotopic (exact) mass is 207 g/mol. The van der Waals surface area contributed by atoms with Crippen LogP contribution >= 0.6 is 0 Å². The van der Waals surface area contributed by atoms with Gasteiger partial charge in [-0.15, -0.1) is 0 Å². The zero-order valence-electron chi connectivity index (χ0n) is 8.98. The van der Waals surface area contributed by atoms with E-state index in [1.54, 1.807) is 7.11 Å². The fourth-order valence-electron chi connectivity index (χ4n) is 1.81. The van der Waals surface area contributed by atoms with Crippen LogP contribution in [0.5, 0.6) is 0 Å². The maximum Gasteiger partial charge on any atom is 0.0977 e. The third-order valence-electron chi connectivity index (χ3n) is 2.72. The average Bonchev–Trinajstić information content (AvgIpc) is 2.75. The normalized spacial score (nSPS) is 25.7. The van der Waals surface area contributed by atoms with Crippen molar-refractivity contribution in [2.75, 3.05) is 20.2 Å². The minimum absolute atomic E-state index is 0.176. The third-order valence-corrected chi connectivity index (χ3v) is 2.72. The van der Waals surface area contributed by atoms with Crippen molar-refractivity contribution in [3.8, 4) is 0 Å². The second-order valence-corrected chi connectivity index (χ2v) is 3.77. The fourth-order valence-corrected chi connectivity index (χ4v) is 1.81. The van der Waals surface area contributed by atoms with E-state index in [9.17, 15) is 0 Å². The van der Waals surface area contributed by atoms with Gasteiger partial charge in [0.25, 0.3) is 0 Å². The second-order valence-electron chi connectivity index (χ2n) is 3.77. The Balaban J connectivity index is 1.83. The topological polar surface area (TPSA) is 30.5 Å². The van der Waals surface area contributed by atoms with Gasteiger partial charge in [-0.2, -0.15) is 0 Å². The van der Waals surface area contributed by atoms with Gasteiger partial charge in [-0.25, -0.2) is 0 Å². The molecule has 1 aromatic carbocycles. The first kappa shape index (κ1) is 10.6. The SMILES string of the molecule is CO[C@@H]1CNC[C@H]1OCc1ccccc1. The van der Waals surface area contributed by atoms with Crippen molar-refractivity contribution in [1.82, 2.24) is 5.32 Å². The number of methoxy groups -OCH3 is 1. The van der Waals surface area contributed by atoms with Crippen molar-refractivity contribution in [3.63, 3.8) is 0 Å². The van der Waals surface area contributed by atoms with Gasteiger partial charge in [-0.05, 0) is 5.56 Å². The van der Waals surface area contributed by atoms with Gasteiger partial charge in [0.2, 0.25) is 0 Å². The number of nitrogens with one attached hydrogen (secondary N) is 1. The van der Waals surface area contributed by atoms with Gasteiger partial charge in [0, 0.05) is 20.2 Å². The van der Waals surface area contributed by atoms with Gasteiger partial charge in [-0.3, -0.25) is 0 Å². The Morgan fingerprint density at radius 1 is 1.20 bits per heavy atom. The molecule has 15 heavy (non-hydrogen) atoms. The first-order chi connectivity index (χ1) is 7.40. The van der Waals surface area contributed by atoms with Crippen LogP contribution in [0.2, 0.25) is 0 Å². The lowest BCUT2D eigenvalue weighted by Crippen LogP contribution is -2.28. The fraction of sp³-hybridized carbons (Fsp3) is 0.500. The van der Waals surface area contributed by atoms with Crippen LogP contribution in [0.4, 0.5) is 0 Å². The van der Waals surface area contributed by atoms with Gasteiger partial charge >= 0.3 is 0 Å². The molecule has 82 valence electrons. The van der Waals surface area contributed by atoms with Crippen molar-refractivity contribution < 1.29 is 9.47 Å². The lowest BCUT2D eigenvalue weighted by Gasteiger charge is -2.17. The molecular weight excluding hydrogens is 190 g/mol. The zero-order valence-corrected chi connectivity index (χ0v) is 8.98. The van der Waals surface area contributed by atoms with Crippen molar-refractivity contribution in [2.24, 2.45) is 0 Å². The standard InChI is InChI=1S/C12H17NO2/c1-14-11-7-13-8-12(11)15-9-10-5-3-2-4-6-10/h2-6,11-13H,7-9H2,1H3/t11-,12-/m1/s1. The quantitative estimate of drug-likeness (QED) is 0.804. The lowest BCUT2D eigenvalue weighted by atomic mass is 10.2. The molecule has 1 saturated heterocycles. The zero-order chi connectivity index (χ0) is 10.5. The first-order valence-corrected chi connectivity index (χ1v) is 5.29. The molecule has 0 amide bonds. The molecule has 0 aliphatic carbocycles. The molecule has 3 nitrogen and oxygen atoms in total. The van der Waals surface area contributed by atoms with Crippen molar-refractivity contribution in [1.29, 1.82) is 0 Å². The van der Waals surface area contributed by atoms with E-state index >= 15 is 0 Å². The van der Waals surface area contributed by atoms with Crippen molar-refractivity contribution in [3.05, 3.63) is 35.9 Å². The number of ether oxygens (including phenoxy) is 2. The molecule has 0 spiro atoms. The van der Waals surface area contributed by atoms with E-state index in [1.165, 1.54) is 5.56 Å². The summed E-state index contributed by atoms with van der Waals surface area (Å²) in [4.78, 5) is 0. The van der Waals surface area contributed by atoms with Gasteiger partial charge in [0.05, 0.1) is 18.8 Å². The van der Waals surface area contributed by atoms with E-state index in [0.717, 1.165) is 13.1 Å². The Hall–Kier alpha value is -0.900. The summed E-state index contributed by atoms with van der Waals surface area (Å²) in [5.41, 5.74) is 1.21. The van der Waals surface area contributed by atoms with Crippen LogP contribution in [0, 0.1) is 0 Å². The smallest absolute Gasteiger partial charge is 0.0977 e. The number of hydrogen-bond acceptors (Lipinski definition) is 3. The molecule has 0 aromatic heterocycles. The molecule has 2 rings (SSSR count). The highest BCUT2D eigenvalue weighted by atomic mass is 16.5. The minimum atomic E-state index is 0.176. The van der Waals surface area contributed by atoms with Crippen molar-refractivity contribution >= 4 is 0 Å². The molecular formula is C12H17NO2. The summed E-state index contributed by atoms with van der Waals surface area (Å²) in [7, 11) is 1.73. The van der Waals surface area contributed by atoms with E-state index in [1.807, 2.05) is 18.2 Å². The van der Waals surface area contributed by atoms with Crippen LogP contribution in [0.15, 0.2) is 30.3 Å². The Morgan fingerprint density at radius 3 is 2.67 bits per heavy atom. The van der Waals surface area contributed by atoms with Crippen LogP contribution in [0.25, 0.3) is 0 Å². The molecule has 1 aliphatic heterocycles. The van der Waals surface area contributed by atoms with Gasteiger partial charge in [-0.1, -0.05) is 30.3 Å².